The number of aryl methyl sites for hydroxylation is 1. The fourth-order valence-electron chi connectivity index (χ4n) is 1.96. The second kappa shape index (κ2) is 4.76. The summed E-state index contributed by atoms with van der Waals surface area (Å²) in [5, 5.41) is 4.53. The summed E-state index contributed by atoms with van der Waals surface area (Å²) in [5.41, 5.74) is 2.12. The maximum absolute atomic E-state index is 5.88. The first-order valence-electron chi connectivity index (χ1n) is 6.17. The minimum atomic E-state index is 0.562. The van der Waals surface area contributed by atoms with Crippen molar-refractivity contribution in [2.45, 2.75) is 32.4 Å². The maximum Gasteiger partial charge on any atom is 0.175 e. The Kier molecular flexibility index (Phi) is 3.12. The lowest BCUT2D eigenvalue weighted by Crippen LogP contribution is -1.97. The van der Waals surface area contributed by atoms with Crippen LogP contribution in [0.2, 0.25) is 0 Å². The number of aromatic nitrogens is 2. The Morgan fingerprint density at radius 3 is 2.72 bits per heavy atom. The van der Waals surface area contributed by atoms with Crippen LogP contribution in [0.5, 0.6) is 5.75 Å². The van der Waals surface area contributed by atoms with E-state index in [1.54, 1.807) is 0 Å². The van der Waals surface area contributed by atoms with Crippen LogP contribution in [0.25, 0.3) is 0 Å². The number of benzene rings is 1. The molecule has 4 heteroatoms. The van der Waals surface area contributed by atoms with Crippen molar-refractivity contribution in [1.82, 2.24) is 9.78 Å². The lowest BCUT2D eigenvalue weighted by molar-refractivity contribution is 0.301. The lowest BCUT2D eigenvalue weighted by Gasteiger charge is -2.06. The summed E-state index contributed by atoms with van der Waals surface area (Å²) in [7, 11) is 0. The Balaban J connectivity index is 1.76. The summed E-state index contributed by atoms with van der Waals surface area (Å²) in [6.45, 7) is 2.57. The summed E-state index contributed by atoms with van der Waals surface area (Å²) < 4.78 is 8.89. The van der Waals surface area contributed by atoms with Crippen LogP contribution < -0.4 is 4.74 Å². The van der Waals surface area contributed by atoms with E-state index in [1.807, 2.05) is 29.8 Å². The van der Waals surface area contributed by atoms with E-state index in [9.17, 15) is 0 Å². The van der Waals surface area contributed by atoms with Crippen LogP contribution in [0.15, 0.2) is 34.9 Å². The standard InChI is InChI=1S/C14H15BrN2O/c1-10-13(14(15)17(16-10)12-7-8-12)18-9-11-5-3-2-4-6-11/h2-6,12H,7-9H2,1H3. The van der Waals surface area contributed by atoms with E-state index < -0.39 is 0 Å². The van der Waals surface area contributed by atoms with Gasteiger partial charge in [0.15, 0.2) is 5.75 Å². The molecule has 0 bridgehead atoms. The molecule has 0 atom stereocenters. The number of hydrogen-bond acceptors (Lipinski definition) is 2. The third-order valence-corrected chi connectivity index (χ3v) is 3.82. The zero-order chi connectivity index (χ0) is 12.5. The smallest absolute Gasteiger partial charge is 0.175 e. The van der Waals surface area contributed by atoms with E-state index >= 15 is 0 Å². The molecule has 1 aliphatic carbocycles. The molecule has 0 saturated heterocycles. The van der Waals surface area contributed by atoms with Crippen molar-refractivity contribution >= 4 is 15.9 Å². The molecule has 2 aromatic rings. The van der Waals surface area contributed by atoms with Crippen LogP contribution in [-0.4, -0.2) is 9.78 Å². The lowest BCUT2D eigenvalue weighted by atomic mass is 10.2. The predicted molar refractivity (Wildman–Crippen MR) is 73.7 cm³/mol. The van der Waals surface area contributed by atoms with Crippen molar-refractivity contribution < 1.29 is 4.74 Å². The fourth-order valence-corrected chi connectivity index (χ4v) is 2.73. The number of rotatable bonds is 4. The number of nitrogens with zero attached hydrogens (tertiary/aromatic N) is 2. The SMILES string of the molecule is Cc1nn(C2CC2)c(Br)c1OCc1ccccc1. The normalized spacial score (nSPS) is 14.8. The molecule has 0 unspecified atom stereocenters. The Bertz CT molecular complexity index is 546. The van der Waals surface area contributed by atoms with Crippen molar-refractivity contribution in [3.05, 3.63) is 46.2 Å². The topological polar surface area (TPSA) is 27.1 Å². The number of ether oxygens (including phenoxy) is 1. The molecule has 1 fully saturated rings. The van der Waals surface area contributed by atoms with Crippen molar-refractivity contribution in [3.63, 3.8) is 0 Å². The van der Waals surface area contributed by atoms with E-state index in [4.69, 9.17) is 4.74 Å². The number of halogens is 1. The highest BCUT2D eigenvalue weighted by Gasteiger charge is 2.29. The van der Waals surface area contributed by atoms with Gasteiger partial charge in [0.25, 0.3) is 0 Å². The predicted octanol–water partition coefficient (Wildman–Crippen LogP) is 3.87. The monoisotopic (exact) mass is 306 g/mol. The third kappa shape index (κ3) is 2.29. The minimum Gasteiger partial charge on any atom is -0.484 e. The largest absolute Gasteiger partial charge is 0.484 e. The second-order valence-corrected chi connectivity index (χ2v) is 5.41. The molecular formula is C14H15BrN2O. The van der Waals surface area contributed by atoms with Crippen LogP contribution in [0.3, 0.4) is 0 Å². The average Bonchev–Trinajstić information content (AvgIpc) is 3.17. The average molecular weight is 307 g/mol. The molecule has 3 rings (SSSR count). The summed E-state index contributed by atoms with van der Waals surface area (Å²) >= 11 is 3.59. The summed E-state index contributed by atoms with van der Waals surface area (Å²) in [6.07, 6.45) is 2.44. The second-order valence-electron chi connectivity index (χ2n) is 4.66. The molecule has 0 amide bonds. The maximum atomic E-state index is 5.88. The molecule has 0 N–H and O–H groups in total. The molecule has 0 spiro atoms. The van der Waals surface area contributed by atoms with Gasteiger partial charge in [0, 0.05) is 0 Å². The molecule has 0 radical (unpaired) electrons. The van der Waals surface area contributed by atoms with Gasteiger partial charge in [-0.2, -0.15) is 5.10 Å². The zero-order valence-corrected chi connectivity index (χ0v) is 11.9. The Morgan fingerprint density at radius 2 is 2.06 bits per heavy atom. The van der Waals surface area contributed by atoms with E-state index in [0.717, 1.165) is 16.0 Å². The van der Waals surface area contributed by atoms with Crippen molar-refractivity contribution in [3.8, 4) is 5.75 Å². The highest BCUT2D eigenvalue weighted by atomic mass is 79.9. The van der Waals surface area contributed by atoms with Crippen molar-refractivity contribution in [1.29, 1.82) is 0 Å². The van der Waals surface area contributed by atoms with E-state index in [2.05, 4.69) is 33.2 Å². The van der Waals surface area contributed by atoms with Crippen LogP contribution in [0.1, 0.15) is 30.1 Å². The van der Waals surface area contributed by atoms with E-state index in [-0.39, 0.29) is 0 Å². The molecule has 3 nitrogen and oxygen atoms in total. The summed E-state index contributed by atoms with van der Waals surface area (Å²) in [5.74, 6) is 0.866. The molecule has 1 heterocycles. The Labute approximate surface area is 115 Å². The van der Waals surface area contributed by atoms with Gasteiger partial charge >= 0.3 is 0 Å². The van der Waals surface area contributed by atoms with Gasteiger partial charge in [-0.3, -0.25) is 4.68 Å². The van der Waals surface area contributed by atoms with Gasteiger partial charge in [0.1, 0.15) is 16.9 Å². The van der Waals surface area contributed by atoms with Gasteiger partial charge < -0.3 is 4.74 Å². The molecule has 1 aliphatic rings. The molecule has 1 saturated carbocycles. The van der Waals surface area contributed by atoms with Crippen molar-refractivity contribution in [2.75, 3.05) is 0 Å². The van der Waals surface area contributed by atoms with Crippen LogP contribution in [0, 0.1) is 6.92 Å². The Morgan fingerprint density at radius 1 is 1.33 bits per heavy atom. The highest BCUT2D eigenvalue weighted by molar-refractivity contribution is 9.10. The molecule has 1 aromatic heterocycles. The molecule has 94 valence electrons. The third-order valence-electron chi connectivity index (χ3n) is 3.09. The minimum absolute atomic E-state index is 0.562. The quantitative estimate of drug-likeness (QED) is 0.857. The van der Waals surface area contributed by atoms with E-state index in [1.165, 1.54) is 18.4 Å². The molecule has 18 heavy (non-hydrogen) atoms. The first-order valence-corrected chi connectivity index (χ1v) is 6.96. The van der Waals surface area contributed by atoms with Crippen LogP contribution in [-0.2, 0) is 6.61 Å². The van der Waals surface area contributed by atoms with Crippen LogP contribution >= 0.6 is 15.9 Å². The molecule has 1 aromatic carbocycles. The van der Waals surface area contributed by atoms with Gasteiger partial charge in [-0.25, -0.2) is 0 Å². The van der Waals surface area contributed by atoms with Gasteiger partial charge in [-0.15, -0.1) is 0 Å². The first kappa shape index (κ1) is 11.8. The van der Waals surface area contributed by atoms with Crippen LogP contribution in [0.4, 0.5) is 0 Å². The van der Waals surface area contributed by atoms with Gasteiger partial charge in [-0.05, 0) is 41.3 Å². The molecular weight excluding hydrogens is 292 g/mol. The van der Waals surface area contributed by atoms with Gasteiger partial charge in [-0.1, -0.05) is 30.3 Å². The fraction of sp³-hybridized carbons (Fsp3) is 0.357. The van der Waals surface area contributed by atoms with Crippen molar-refractivity contribution in [2.24, 2.45) is 0 Å². The van der Waals surface area contributed by atoms with E-state index in [0.29, 0.717) is 12.6 Å². The van der Waals surface area contributed by atoms with Gasteiger partial charge in [0.2, 0.25) is 0 Å². The molecule has 0 aliphatic heterocycles. The zero-order valence-electron chi connectivity index (χ0n) is 10.3. The summed E-state index contributed by atoms with van der Waals surface area (Å²) in [6, 6.07) is 10.7. The number of hydrogen-bond donors (Lipinski definition) is 0. The Hall–Kier alpha value is -1.29. The highest BCUT2D eigenvalue weighted by Crippen LogP contribution is 2.41. The summed E-state index contributed by atoms with van der Waals surface area (Å²) in [4.78, 5) is 0. The first-order chi connectivity index (χ1) is 8.75. The van der Waals surface area contributed by atoms with Gasteiger partial charge in [0.05, 0.1) is 6.04 Å².